The molecule has 0 saturated heterocycles. The van der Waals surface area contributed by atoms with E-state index in [-0.39, 0.29) is 17.2 Å². The number of rotatable bonds is 4. The van der Waals surface area contributed by atoms with Crippen LogP contribution in [0.4, 0.5) is 10.5 Å². The number of benzene rings is 1. The summed E-state index contributed by atoms with van der Waals surface area (Å²) < 4.78 is 5.80. The Balaban J connectivity index is 1.79. The van der Waals surface area contributed by atoms with Crippen molar-refractivity contribution in [3.63, 3.8) is 0 Å². The summed E-state index contributed by atoms with van der Waals surface area (Å²) in [6.07, 6.45) is -0.698. The highest BCUT2D eigenvalue weighted by Gasteiger charge is 2.32. The summed E-state index contributed by atoms with van der Waals surface area (Å²) in [5.74, 6) is 1.07. The molecule has 3 rings (SSSR count). The summed E-state index contributed by atoms with van der Waals surface area (Å²) in [5, 5.41) is 22.7. The predicted molar refractivity (Wildman–Crippen MR) is 111 cm³/mol. The molecule has 0 aliphatic carbocycles. The van der Waals surface area contributed by atoms with Crippen molar-refractivity contribution in [2.45, 2.75) is 56.9 Å². The van der Waals surface area contributed by atoms with Crippen LogP contribution in [0.25, 0.3) is 11.5 Å². The van der Waals surface area contributed by atoms with Gasteiger partial charge in [0, 0.05) is 33.1 Å². The second-order valence-corrected chi connectivity index (χ2v) is 9.95. The Labute approximate surface area is 173 Å². The Bertz CT molecular complexity index is 933. The third kappa shape index (κ3) is 5.09. The number of carboxylic acid groups (broad SMARTS) is 1. The van der Waals surface area contributed by atoms with Crippen LogP contribution in [0, 0.1) is 5.92 Å². The van der Waals surface area contributed by atoms with Crippen molar-refractivity contribution < 1.29 is 19.1 Å². The number of carbonyl (C=O) groups is 2. The van der Waals surface area contributed by atoms with Gasteiger partial charge in [-0.2, -0.15) is 0 Å². The molecular formula is C20H26N4O4S. The molecule has 0 spiro atoms. The van der Waals surface area contributed by atoms with E-state index < -0.39 is 11.6 Å². The number of hydrogen-bond acceptors (Lipinski definition) is 6. The molecule has 0 saturated carbocycles. The smallest absolute Gasteiger partial charge is 0.405 e. The SMILES string of the molecule is CC(C)(C[C@H]1CSc2ccc(-c3nnc(C(C)(C)C)o3)cc2NC1=O)NC(=O)O. The molecule has 29 heavy (non-hydrogen) atoms. The van der Waals surface area contributed by atoms with E-state index in [9.17, 15) is 9.59 Å². The van der Waals surface area contributed by atoms with Crippen LogP contribution in [0.2, 0.25) is 0 Å². The Morgan fingerprint density at radius 2 is 2.03 bits per heavy atom. The Morgan fingerprint density at radius 1 is 1.31 bits per heavy atom. The minimum atomic E-state index is -1.10. The number of fused-ring (bicyclic) bond motifs is 1. The van der Waals surface area contributed by atoms with Gasteiger partial charge in [0.1, 0.15) is 0 Å². The van der Waals surface area contributed by atoms with Crippen molar-refractivity contribution in [3.05, 3.63) is 24.1 Å². The highest BCUT2D eigenvalue weighted by Crippen LogP contribution is 2.37. The van der Waals surface area contributed by atoms with Crippen LogP contribution < -0.4 is 10.6 Å². The summed E-state index contributed by atoms with van der Waals surface area (Å²) in [7, 11) is 0. The van der Waals surface area contributed by atoms with Gasteiger partial charge >= 0.3 is 6.09 Å². The van der Waals surface area contributed by atoms with Gasteiger partial charge in [-0.05, 0) is 38.5 Å². The first-order valence-electron chi connectivity index (χ1n) is 9.38. The first-order valence-corrected chi connectivity index (χ1v) is 10.4. The van der Waals surface area contributed by atoms with Gasteiger partial charge in [-0.1, -0.05) is 20.8 Å². The largest absolute Gasteiger partial charge is 0.465 e. The number of carbonyl (C=O) groups excluding carboxylic acids is 1. The number of nitrogens with one attached hydrogen (secondary N) is 2. The summed E-state index contributed by atoms with van der Waals surface area (Å²) in [5.41, 5.74) is 0.479. The quantitative estimate of drug-likeness (QED) is 0.683. The fourth-order valence-electron chi connectivity index (χ4n) is 3.14. The van der Waals surface area contributed by atoms with E-state index in [1.54, 1.807) is 25.6 Å². The van der Waals surface area contributed by atoms with Gasteiger partial charge in [0.05, 0.1) is 5.69 Å². The van der Waals surface area contributed by atoms with Gasteiger partial charge in [0.2, 0.25) is 17.7 Å². The second-order valence-electron chi connectivity index (χ2n) is 8.89. The topological polar surface area (TPSA) is 117 Å². The van der Waals surface area contributed by atoms with Gasteiger partial charge in [-0.3, -0.25) is 4.79 Å². The van der Waals surface area contributed by atoms with Crippen molar-refractivity contribution in [2.75, 3.05) is 11.1 Å². The molecule has 0 fully saturated rings. The summed E-state index contributed by atoms with van der Waals surface area (Å²) in [6.45, 7) is 9.55. The van der Waals surface area contributed by atoms with E-state index in [4.69, 9.17) is 9.52 Å². The number of anilines is 1. The Kier molecular flexibility index (Phi) is 5.62. The third-order valence-corrected chi connectivity index (χ3v) is 5.80. The molecule has 0 unspecified atom stereocenters. The molecule has 1 aliphatic heterocycles. The van der Waals surface area contributed by atoms with Crippen molar-refractivity contribution in [2.24, 2.45) is 5.92 Å². The highest BCUT2D eigenvalue weighted by molar-refractivity contribution is 7.99. The van der Waals surface area contributed by atoms with Crippen LogP contribution in [-0.4, -0.2) is 38.6 Å². The Hall–Kier alpha value is -2.55. The molecule has 0 radical (unpaired) electrons. The number of thioether (sulfide) groups is 1. The minimum absolute atomic E-state index is 0.130. The summed E-state index contributed by atoms with van der Waals surface area (Å²) in [6, 6.07) is 5.66. The zero-order valence-electron chi connectivity index (χ0n) is 17.2. The molecule has 1 aliphatic rings. The molecule has 1 aromatic heterocycles. The lowest BCUT2D eigenvalue weighted by atomic mass is 9.91. The van der Waals surface area contributed by atoms with Crippen molar-refractivity contribution >= 4 is 29.4 Å². The number of nitrogens with zero attached hydrogens (tertiary/aromatic N) is 2. The average Bonchev–Trinajstić information content (AvgIpc) is 3.03. The Morgan fingerprint density at radius 3 is 2.66 bits per heavy atom. The van der Waals surface area contributed by atoms with E-state index >= 15 is 0 Å². The molecular weight excluding hydrogens is 392 g/mol. The van der Waals surface area contributed by atoms with Gasteiger partial charge in [0.15, 0.2) is 0 Å². The van der Waals surface area contributed by atoms with Crippen LogP contribution in [0.3, 0.4) is 0 Å². The molecule has 3 N–H and O–H groups in total. The maximum atomic E-state index is 12.8. The first kappa shape index (κ1) is 21.2. The van der Waals surface area contributed by atoms with Crippen molar-refractivity contribution in [1.29, 1.82) is 0 Å². The molecule has 0 bridgehead atoms. The maximum Gasteiger partial charge on any atom is 0.405 e. The summed E-state index contributed by atoms with van der Waals surface area (Å²) >= 11 is 1.57. The lowest BCUT2D eigenvalue weighted by molar-refractivity contribution is -0.119. The molecule has 1 atom stereocenters. The summed E-state index contributed by atoms with van der Waals surface area (Å²) in [4.78, 5) is 24.7. The van der Waals surface area contributed by atoms with Crippen LogP contribution >= 0.6 is 11.8 Å². The third-order valence-electron chi connectivity index (χ3n) is 4.56. The van der Waals surface area contributed by atoms with Gasteiger partial charge in [-0.15, -0.1) is 22.0 Å². The highest BCUT2D eigenvalue weighted by atomic mass is 32.2. The van der Waals surface area contributed by atoms with Gasteiger partial charge < -0.3 is 20.2 Å². The first-order chi connectivity index (χ1) is 13.4. The zero-order chi connectivity index (χ0) is 21.4. The van der Waals surface area contributed by atoms with E-state index in [2.05, 4.69) is 20.8 Å². The number of hydrogen-bond donors (Lipinski definition) is 3. The molecule has 8 nitrogen and oxygen atoms in total. The van der Waals surface area contributed by atoms with Crippen LogP contribution in [0.15, 0.2) is 27.5 Å². The molecule has 156 valence electrons. The standard InChI is InChI=1S/C20H26N4O4S/c1-19(2,3)17-24-23-16(28-17)11-6-7-14-13(8-11)21-15(25)12(10-29-14)9-20(4,5)22-18(26)27/h6-8,12,22H,9-10H2,1-5H3,(H,21,25)(H,26,27)/t12-/m0/s1. The molecule has 2 heterocycles. The molecule has 2 amide bonds. The van der Waals surface area contributed by atoms with E-state index in [1.807, 2.05) is 39.0 Å². The lowest BCUT2D eigenvalue weighted by Gasteiger charge is -2.28. The lowest BCUT2D eigenvalue weighted by Crippen LogP contribution is -2.45. The fourth-order valence-corrected chi connectivity index (χ4v) is 4.22. The average molecular weight is 419 g/mol. The van der Waals surface area contributed by atoms with Crippen LogP contribution in [0.5, 0.6) is 0 Å². The van der Waals surface area contributed by atoms with E-state index in [0.29, 0.717) is 29.6 Å². The predicted octanol–water partition coefficient (Wildman–Crippen LogP) is 4.13. The van der Waals surface area contributed by atoms with Crippen LogP contribution in [0.1, 0.15) is 46.9 Å². The number of aromatic nitrogens is 2. The minimum Gasteiger partial charge on any atom is -0.465 e. The molecule has 2 aromatic rings. The normalized spacial score (nSPS) is 17.3. The van der Waals surface area contributed by atoms with Crippen LogP contribution in [-0.2, 0) is 10.2 Å². The fraction of sp³-hybridized carbons (Fsp3) is 0.500. The second kappa shape index (κ2) is 7.70. The zero-order valence-corrected chi connectivity index (χ0v) is 18.0. The monoisotopic (exact) mass is 418 g/mol. The van der Waals surface area contributed by atoms with Gasteiger partial charge in [0.25, 0.3) is 0 Å². The van der Waals surface area contributed by atoms with Gasteiger partial charge in [-0.25, -0.2) is 4.79 Å². The van der Waals surface area contributed by atoms with Crippen molar-refractivity contribution in [1.82, 2.24) is 15.5 Å². The van der Waals surface area contributed by atoms with E-state index in [1.165, 1.54) is 0 Å². The van der Waals surface area contributed by atoms with E-state index in [0.717, 1.165) is 10.5 Å². The molecule has 9 heteroatoms. The maximum absolute atomic E-state index is 12.8. The number of amides is 2. The van der Waals surface area contributed by atoms with Crippen molar-refractivity contribution in [3.8, 4) is 11.5 Å². The molecule has 1 aromatic carbocycles.